The van der Waals surface area contributed by atoms with Crippen LogP contribution in [0.3, 0.4) is 0 Å². The number of para-hydroxylation sites is 2. The van der Waals surface area contributed by atoms with Crippen molar-refractivity contribution in [3.63, 3.8) is 0 Å². The fraction of sp³-hybridized carbons (Fsp3) is 0.111. The number of nitro groups is 1. The molecule has 1 aromatic heterocycles. The Labute approximate surface area is 154 Å². The van der Waals surface area contributed by atoms with Crippen LogP contribution in [0.25, 0.3) is 0 Å². The molecular formula is C18H16N4O5. The normalized spacial score (nSPS) is 10.3. The Hall–Kier alpha value is -3.88. The van der Waals surface area contributed by atoms with Gasteiger partial charge in [-0.05, 0) is 36.4 Å². The molecule has 3 rings (SSSR count). The number of hydrogen-bond acceptors (Lipinski definition) is 6. The van der Waals surface area contributed by atoms with E-state index in [1.807, 2.05) is 0 Å². The van der Waals surface area contributed by atoms with Crippen LogP contribution in [-0.4, -0.2) is 27.7 Å². The van der Waals surface area contributed by atoms with Crippen molar-refractivity contribution in [3.05, 3.63) is 76.6 Å². The van der Waals surface area contributed by atoms with Gasteiger partial charge in [0, 0.05) is 12.3 Å². The van der Waals surface area contributed by atoms with Gasteiger partial charge in [0.25, 0.3) is 11.6 Å². The third kappa shape index (κ3) is 4.40. The van der Waals surface area contributed by atoms with Crippen LogP contribution in [0.15, 0.2) is 60.8 Å². The summed E-state index contributed by atoms with van der Waals surface area (Å²) in [6.45, 7) is 0.102. The molecule has 1 amide bonds. The van der Waals surface area contributed by atoms with E-state index in [0.717, 1.165) is 5.75 Å². The number of ether oxygens (including phenoxy) is 2. The van der Waals surface area contributed by atoms with Gasteiger partial charge in [-0.3, -0.25) is 14.9 Å². The molecule has 0 radical (unpaired) electrons. The summed E-state index contributed by atoms with van der Waals surface area (Å²) < 4.78 is 12.1. The summed E-state index contributed by atoms with van der Waals surface area (Å²) in [5, 5.41) is 17.6. The number of rotatable bonds is 7. The van der Waals surface area contributed by atoms with Crippen LogP contribution in [0.1, 0.15) is 10.5 Å². The first kappa shape index (κ1) is 17.9. The largest absolute Gasteiger partial charge is 0.497 e. The molecule has 0 aliphatic carbocycles. The molecule has 3 aromatic rings. The molecule has 0 unspecified atom stereocenters. The van der Waals surface area contributed by atoms with Gasteiger partial charge < -0.3 is 14.8 Å². The molecule has 0 saturated heterocycles. The average molecular weight is 368 g/mol. The first-order valence-electron chi connectivity index (χ1n) is 7.92. The number of benzene rings is 2. The van der Waals surface area contributed by atoms with Crippen molar-refractivity contribution in [2.24, 2.45) is 0 Å². The van der Waals surface area contributed by atoms with Crippen molar-refractivity contribution in [1.82, 2.24) is 9.78 Å². The molecule has 9 nitrogen and oxygen atoms in total. The summed E-state index contributed by atoms with van der Waals surface area (Å²) >= 11 is 0. The van der Waals surface area contributed by atoms with Crippen LogP contribution >= 0.6 is 0 Å². The van der Waals surface area contributed by atoms with Crippen molar-refractivity contribution in [3.8, 4) is 11.5 Å². The van der Waals surface area contributed by atoms with Gasteiger partial charge in [0.1, 0.15) is 17.2 Å². The molecule has 2 aromatic carbocycles. The van der Waals surface area contributed by atoms with Crippen LogP contribution in [0.2, 0.25) is 0 Å². The number of anilines is 1. The monoisotopic (exact) mass is 368 g/mol. The van der Waals surface area contributed by atoms with Crippen molar-refractivity contribution >= 4 is 17.3 Å². The number of nitrogens with one attached hydrogen (secondary N) is 1. The minimum absolute atomic E-state index is 0.102. The van der Waals surface area contributed by atoms with E-state index in [4.69, 9.17) is 9.47 Å². The number of carbonyl (C=O) groups is 1. The Balaban J connectivity index is 1.63. The molecule has 0 atom stereocenters. The minimum atomic E-state index is -0.559. The summed E-state index contributed by atoms with van der Waals surface area (Å²) in [6, 6.07) is 14.4. The highest BCUT2D eigenvalue weighted by Crippen LogP contribution is 2.23. The van der Waals surface area contributed by atoms with Crippen LogP contribution in [-0.2, 0) is 6.73 Å². The van der Waals surface area contributed by atoms with Crippen LogP contribution in [0.4, 0.5) is 11.4 Å². The van der Waals surface area contributed by atoms with E-state index in [1.165, 1.54) is 28.9 Å². The third-order valence-corrected chi connectivity index (χ3v) is 3.65. The Morgan fingerprint density at radius 3 is 2.56 bits per heavy atom. The van der Waals surface area contributed by atoms with E-state index in [1.54, 1.807) is 43.6 Å². The topological polar surface area (TPSA) is 109 Å². The van der Waals surface area contributed by atoms with Crippen molar-refractivity contribution in [2.45, 2.75) is 6.73 Å². The molecule has 1 N–H and O–H groups in total. The number of methoxy groups -OCH3 is 1. The molecule has 0 saturated carbocycles. The molecule has 9 heteroatoms. The predicted molar refractivity (Wildman–Crippen MR) is 96.9 cm³/mol. The molecule has 0 fully saturated rings. The lowest BCUT2D eigenvalue weighted by Gasteiger charge is -2.07. The standard InChI is InChI=1S/C18H16N4O5/c1-26-13-6-8-14(9-7-13)27-12-21-11-10-16(20-21)18(23)19-15-4-2-3-5-17(15)22(24)25/h2-11H,12H2,1H3,(H,19,23). The Bertz CT molecular complexity index is 952. The first-order valence-corrected chi connectivity index (χ1v) is 7.92. The average Bonchev–Trinajstić information content (AvgIpc) is 3.16. The zero-order valence-corrected chi connectivity index (χ0v) is 14.4. The number of amides is 1. The number of carbonyl (C=O) groups excluding carboxylic acids is 1. The molecule has 138 valence electrons. The van der Waals surface area contributed by atoms with Gasteiger partial charge in [0.05, 0.1) is 12.0 Å². The van der Waals surface area contributed by atoms with E-state index in [0.29, 0.717) is 5.75 Å². The van der Waals surface area contributed by atoms with Gasteiger partial charge in [-0.15, -0.1) is 0 Å². The molecule has 0 aliphatic rings. The lowest BCUT2D eigenvalue weighted by atomic mass is 10.2. The molecule has 27 heavy (non-hydrogen) atoms. The van der Waals surface area contributed by atoms with E-state index in [2.05, 4.69) is 10.4 Å². The first-order chi connectivity index (χ1) is 13.1. The maximum absolute atomic E-state index is 12.3. The fourth-order valence-corrected chi connectivity index (χ4v) is 2.29. The predicted octanol–water partition coefficient (Wildman–Crippen LogP) is 3.09. The molecule has 0 spiro atoms. The fourth-order valence-electron chi connectivity index (χ4n) is 2.29. The number of nitro benzene ring substituents is 1. The Morgan fingerprint density at radius 1 is 1.15 bits per heavy atom. The maximum Gasteiger partial charge on any atom is 0.292 e. The van der Waals surface area contributed by atoms with E-state index in [9.17, 15) is 14.9 Å². The van der Waals surface area contributed by atoms with Crippen LogP contribution in [0, 0.1) is 10.1 Å². The van der Waals surface area contributed by atoms with Gasteiger partial charge in [-0.2, -0.15) is 5.10 Å². The van der Waals surface area contributed by atoms with Gasteiger partial charge in [-0.25, -0.2) is 4.68 Å². The summed E-state index contributed by atoms with van der Waals surface area (Å²) in [6.07, 6.45) is 1.58. The second-order valence-electron chi connectivity index (χ2n) is 5.42. The third-order valence-electron chi connectivity index (χ3n) is 3.65. The summed E-state index contributed by atoms with van der Waals surface area (Å²) in [5.41, 5.74) is 0.0381. The SMILES string of the molecule is COc1ccc(OCn2ccc(C(=O)Nc3ccccc3[N+](=O)[O-])n2)cc1. The Morgan fingerprint density at radius 2 is 1.85 bits per heavy atom. The maximum atomic E-state index is 12.3. The molecular weight excluding hydrogens is 352 g/mol. The second kappa shape index (κ2) is 8.00. The smallest absolute Gasteiger partial charge is 0.292 e. The lowest BCUT2D eigenvalue weighted by molar-refractivity contribution is -0.383. The van der Waals surface area contributed by atoms with Gasteiger partial charge in [-0.1, -0.05) is 12.1 Å². The molecule has 1 heterocycles. The van der Waals surface area contributed by atoms with E-state index < -0.39 is 10.8 Å². The van der Waals surface area contributed by atoms with E-state index >= 15 is 0 Å². The molecule has 0 bridgehead atoms. The second-order valence-corrected chi connectivity index (χ2v) is 5.42. The quantitative estimate of drug-likeness (QED) is 0.507. The lowest BCUT2D eigenvalue weighted by Crippen LogP contribution is -2.15. The Kier molecular flexibility index (Phi) is 5.31. The van der Waals surface area contributed by atoms with Crippen molar-refractivity contribution in [1.29, 1.82) is 0 Å². The summed E-state index contributed by atoms with van der Waals surface area (Å²) in [5.74, 6) is 0.792. The highest BCUT2D eigenvalue weighted by Gasteiger charge is 2.17. The van der Waals surface area contributed by atoms with Gasteiger partial charge in [0.15, 0.2) is 12.4 Å². The van der Waals surface area contributed by atoms with E-state index in [-0.39, 0.29) is 23.8 Å². The van der Waals surface area contributed by atoms with Crippen LogP contribution in [0.5, 0.6) is 11.5 Å². The molecule has 0 aliphatic heterocycles. The number of aromatic nitrogens is 2. The summed E-state index contributed by atoms with van der Waals surface area (Å²) in [7, 11) is 1.58. The van der Waals surface area contributed by atoms with Crippen molar-refractivity contribution in [2.75, 3.05) is 12.4 Å². The minimum Gasteiger partial charge on any atom is -0.497 e. The highest BCUT2D eigenvalue weighted by molar-refractivity contribution is 6.04. The highest BCUT2D eigenvalue weighted by atomic mass is 16.6. The van der Waals surface area contributed by atoms with Crippen molar-refractivity contribution < 1.29 is 19.2 Å². The van der Waals surface area contributed by atoms with Gasteiger partial charge in [0.2, 0.25) is 0 Å². The van der Waals surface area contributed by atoms with Gasteiger partial charge >= 0.3 is 0 Å². The van der Waals surface area contributed by atoms with Crippen LogP contribution < -0.4 is 14.8 Å². The zero-order valence-electron chi connectivity index (χ0n) is 14.4. The number of hydrogen-bond donors (Lipinski definition) is 1. The number of nitrogens with zero attached hydrogens (tertiary/aromatic N) is 3. The zero-order chi connectivity index (χ0) is 19.2. The summed E-state index contributed by atoms with van der Waals surface area (Å²) in [4.78, 5) is 22.7.